The molecule has 8 rings (SSSR count). The Morgan fingerprint density at radius 3 is 1.97 bits per heavy atom. The van der Waals surface area contributed by atoms with E-state index in [-0.39, 0.29) is 0 Å². The minimum absolute atomic E-state index is 0.991. The van der Waals surface area contributed by atoms with E-state index in [0.29, 0.717) is 0 Å². The monoisotopic (exact) mass is 507 g/mol. The first kappa shape index (κ1) is 21.7. The number of nitrogens with zero attached hydrogens (tertiary/aromatic N) is 3. The molecule has 0 aliphatic carbocycles. The average molecular weight is 508 g/mol. The number of aromatic nitrogens is 3. The van der Waals surface area contributed by atoms with Crippen LogP contribution in [0.15, 0.2) is 103 Å². The van der Waals surface area contributed by atoms with E-state index in [1.165, 1.54) is 69.8 Å². The summed E-state index contributed by atoms with van der Waals surface area (Å²) < 4.78 is 7.28. The highest BCUT2D eigenvalue weighted by molar-refractivity contribution is 7.26. The fourth-order valence-corrected chi connectivity index (χ4v) is 7.46. The van der Waals surface area contributed by atoms with Crippen LogP contribution < -0.4 is 0 Å². The molecule has 0 atom stereocenters. The Labute approximate surface area is 224 Å². The van der Waals surface area contributed by atoms with Gasteiger partial charge in [-0.05, 0) is 61.4 Å². The summed E-state index contributed by atoms with van der Waals surface area (Å²) in [5.41, 5.74) is 7.61. The Hall–Kier alpha value is -4.41. The number of fused-ring (bicyclic) bond motifs is 7. The van der Waals surface area contributed by atoms with Crippen molar-refractivity contribution in [3.8, 4) is 11.5 Å². The van der Waals surface area contributed by atoms with Crippen LogP contribution in [-0.2, 0) is 6.42 Å². The Bertz CT molecular complexity index is 2140. The molecule has 0 aliphatic heterocycles. The standard InChI is InChI=1S/C34H25N3S/c1-3-28-21(2)23-10-4-7-13-29(23)36(28)22-16-17-32-27(20-22)26-18-19-35-34(33(26)38-32)37-30-14-8-5-11-24(30)25-12-6-9-15-31(25)37/h4-20H,3H2,1-2H3. The van der Waals surface area contributed by atoms with Gasteiger partial charge in [0.25, 0.3) is 0 Å². The van der Waals surface area contributed by atoms with E-state index in [9.17, 15) is 0 Å². The lowest BCUT2D eigenvalue weighted by Gasteiger charge is -2.11. The van der Waals surface area contributed by atoms with Crippen LogP contribution in [0.2, 0.25) is 0 Å². The molecule has 0 radical (unpaired) electrons. The lowest BCUT2D eigenvalue weighted by atomic mass is 10.1. The molecule has 0 bridgehead atoms. The molecule has 0 spiro atoms. The number of rotatable bonds is 3. The van der Waals surface area contributed by atoms with Crippen molar-refractivity contribution in [1.82, 2.24) is 14.1 Å². The van der Waals surface area contributed by atoms with E-state index in [1.54, 1.807) is 0 Å². The number of aryl methyl sites for hydroxylation is 1. The van der Waals surface area contributed by atoms with Crippen LogP contribution in [0, 0.1) is 6.92 Å². The molecule has 3 nitrogen and oxygen atoms in total. The lowest BCUT2D eigenvalue weighted by Crippen LogP contribution is -1.99. The predicted octanol–water partition coefficient (Wildman–Crippen LogP) is 9.36. The van der Waals surface area contributed by atoms with Gasteiger partial charge < -0.3 is 4.57 Å². The summed E-state index contributed by atoms with van der Waals surface area (Å²) in [6, 6.07) is 35.1. The molecule has 0 saturated carbocycles. The van der Waals surface area contributed by atoms with Crippen molar-refractivity contribution in [2.45, 2.75) is 20.3 Å². The van der Waals surface area contributed by atoms with Crippen molar-refractivity contribution >= 4 is 64.2 Å². The summed E-state index contributed by atoms with van der Waals surface area (Å²) in [4.78, 5) is 4.97. The fourth-order valence-electron chi connectivity index (χ4n) is 6.30. The van der Waals surface area contributed by atoms with Crippen molar-refractivity contribution in [3.63, 3.8) is 0 Å². The van der Waals surface area contributed by atoms with Gasteiger partial charge in [-0.2, -0.15) is 0 Å². The molecule has 0 unspecified atom stereocenters. The molecule has 0 fully saturated rings. The summed E-state index contributed by atoms with van der Waals surface area (Å²) in [5, 5.41) is 6.38. The quantitative estimate of drug-likeness (QED) is 0.234. The van der Waals surface area contributed by atoms with Gasteiger partial charge in [-0.15, -0.1) is 11.3 Å². The molecule has 0 aliphatic rings. The maximum Gasteiger partial charge on any atom is 0.155 e. The summed E-state index contributed by atoms with van der Waals surface area (Å²) in [6.07, 6.45) is 2.96. The van der Waals surface area contributed by atoms with Crippen molar-refractivity contribution < 1.29 is 0 Å². The van der Waals surface area contributed by atoms with Crippen LogP contribution in [0.3, 0.4) is 0 Å². The summed E-state index contributed by atoms with van der Waals surface area (Å²) >= 11 is 1.83. The molecule has 4 aromatic heterocycles. The minimum Gasteiger partial charge on any atom is -0.313 e. The van der Waals surface area contributed by atoms with E-state index in [4.69, 9.17) is 4.98 Å². The van der Waals surface area contributed by atoms with Crippen LogP contribution in [0.1, 0.15) is 18.2 Å². The normalized spacial score (nSPS) is 12.1. The maximum atomic E-state index is 4.97. The lowest BCUT2D eigenvalue weighted by molar-refractivity contribution is 0.948. The second kappa shape index (κ2) is 8.04. The third-order valence-electron chi connectivity index (χ3n) is 7.99. The maximum absolute atomic E-state index is 4.97. The topological polar surface area (TPSA) is 22.8 Å². The number of hydrogen-bond acceptors (Lipinski definition) is 2. The highest BCUT2D eigenvalue weighted by atomic mass is 32.1. The first-order valence-corrected chi connectivity index (χ1v) is 14.0. The van der Waals surface area contributed by atoms with Gasteiger partial charge in [-0.1, -0.05) is 61.5 Å². The van der Waals surface area contributed by atoms with Crippen LogP contribution in [-0.4, -0.2) is 14.1 Å². The van der Waals surface area contributed by atoms with Gasteiger partial charge in [0.15, 0.2) is 5.82 Å². The van der Waals surface area contributed by atoms with Crippen LogP contribution in [0.25, 0.3) is 64.4 Å². The number of benzene rings is 4. The fraction of sp³-hybridized carbons (Fsp3) is 0.0882. The molecule has 0 amide bonds. The van der Waals surface area contributed by atoms with Gasteiger partial charge in [-0.3, -0.25) is 4.57 Å². The van der Waals surface area contributed by atoms with Crippen molar-refractivity contribution in [3.05, 3.63) is 115 Å². The molecule has 8 aromatic rings. The zero-order chi connectivity index (χ0) is 25.4. The molecule has 38 heavy (non-hydrogen) atoms. The summed E-state index contributed by atoms with van der Waals surface area (Å²) in [5.74, 6) is 0.999. The van der Waals surface area contributed by atoms with Crippen LogP contribution in [0.4, 0.5) is 0 Å². The first-order valence-electron chi connectivity index (χ1n) is 13.1. The Kier molecular flexibility index (Phi) is 4.58. The minimum atomic E-state index is 0.991. The Morgan fingerprint density at radius 2 is 1.29 bits per heavy atom. The molecule has 4 heteroatoms. The number of pyridine rings is 1. The SMILES string of the molecule is CCc1c(C)c2ccccc2n1-c1ccc2sc3c(-n4c5ccccc5c5ccccc54)nccc3c2c1. The van der Waals surface area contributed by atoms with Crippen molar-refractivity contribution in [2.24, 2.45) is 0 Å². The number of para-hydroxylation sites is 3. The highest BCUT2D eigenvalue weighted by Crippen LogP contribution is 2.41. The Balaban J connectivity index is 1.42. The number of hydrogen-bond donors (Lipinski definition) is 0. The molecule has 4 heterocycles. The van der Waals surface area contributed by atoms with Gasteiger partial charge in [0.05, 0.1) is 21.3 Å². The molecule has 182 valence electrons. The summed E-state index contributed by atoms with van der Waals surface area (Å²) in [6.45, 7) is 4.50. The second-order valence-electron chi connectivity index (χ2n) is 9.94. The smallest absolute Gasteiger partial charge is 0.155 e. The van der Waals surface area contributed by atoms with E-state index >= 15 is 0 Å². The van der Waals surface area contributed by atoms with Gasteiger partial charge in [-0.25, -0.2) is 4.98 Å². The van der Waals surface area contributed by atoms with Gasteiger partial charge in [0.2, 0.25) is 0 Å². The second-order valence-corrected chi connectivity index (χ2v) is 11.0. The van der Waals surface area contributed by atoms with Gasteiger partial charge >= 0.3 is 0 Å². The van der Waals surface area contributed by atoms with Gasteiger partial charge in [0.1, 0.15) is 0 Å². The average Bonchev–Trinajstić information content (AvgIpc) is 3.60. The molecule has 0 N–H and O–H groups in total. The Morgan fingerprint density at radius 1 is 0.658 bits per heavy atom. The van der Waals surface area contributed by atoms with Crippen LogP contribution >= 0.6 is 11.3 Å². The first-order chi connectivity index (χ1) is 18.7. The van der Waals surface area contributed by atoms with E-state index < -0.39 is 0 Å². The van der Waals surface area contributed by atoms with E-state index in [1.807, 2.05) is 17.5 Å². The molecular weight excluding hydrogens is 482 g/mol. The largest absolute Gasteiger partial charge is 0.313 e. The molecular formula is C34H25N3S. The van der Waals surface area contributed by atoms with E-state index in [2.05, 4.69) is 120 Å². The molecule has 0 saturated heterocycles. The van der Waals surface area contributed by atoms with E-state index in [0.717, 1.165) is 12.2 Å². The third kappa shape index (κ3) is 2.86. The zero-order valence-corrected chi connectivity index (χ0v) is 22.1. The zero-order valence-electron chi connectivity index (χ0n) is 21.3. The number of thiophene rings is 1. The van der Waals surface area contributed by atoms with Gasteiger partial charge in [0, 0.05) is 49.2 Å². The van der Waals surface area contributed by atoms with Crippen molar-refractivity contribution in [1.29, 1.82) is 0 Å². The molecule has 4 aromatic carbocycles. The summed E-state index contributed by atoms with van der Waals surface area (Å²) in [7, 11) is 0. The third-order valence-corrected chi connectivity index (χ3v) is 9.17. The highest BCUT2D eigenvalue weighted by Gasteiger charge is 2.19. The van der Waals surface area contributed by atoms with Crippen molar-refractivity contribution in [2.75, 3.05) is 0 Å². The predicted molar refractivity (Wildman–Crippen MR) is 162 cm³/mol. The van der Waals surface area contributed by atoms with Crippen LogP contribution in [0.5, 0.6) is 0 Å².